The Hall–Kier alpha value is 4.41. The average Bonchev–Trinajstić information content (AvgIpc) is 1.54. The molecule has 3 radical (unpaired) electrons. The van der Waals surface area contributed by atoms with Gasteiger partial charge in [-0.25, -0.2) is 0 Å². The van der Waals surface area contributed by atoms with Crippen molar-refractivity contribution in [3.63, 3.8) is 0 Å². The third-order valence-corrected chi connectivity index (χ3v) is 0. The molecule has 0 heterocycles. The predicted molar refractivity (Wildman–Crippen MR) is 61.4 cm³/mol. The van der Waals surface area contributed by atoms with Gasteiger partial charge in [0.05, 0.1) is 0 Å². The van der Waals surface area contributed by atoms with Crippen LogP contribution >= 0.6 is 24.1 Å². The van der Waals surface area contributed by atoms with Crippen molar-refractivity contribution >= 4 is 41.4 Å². The van der Waals surface area contributed by atoms with Crippen LogP contribution < -0.4 is 0 Å². The van der Waals surface area contributed by atoms with Crippen LogP contribution in [0, 0.1) is 0 Å². The third kappa shape index (κ3) is 287. The summed E-state index contributed by atoms with van der Waals surface area (Å²) in [5.41, 5.74) is 0. The molecule has 0 bridgehead atoms. The van der Waals surface area contributed by atoms with Gasteiger partial charge in [0.1, 0.15) is 0 Å². The monoisotopic (exact) mass is 537 g/mol. The molecule has 0 rings (SSSR count). The standard InChI is InChI=1S/3CH5O2P.Al.3Y.3H/c3*1-4(2)3;;;;;;;/h3*4H,1H3,(H,2,3);;;;;;;. The summed E-state index contributed by atoms with van der Waals surface area (Å²) in [6, 6.07) is 0. The molecule has 6 nitrogen and oxygen atoms in total. The molecule has 0 spiro atoms. The summed E-state index contributed by atoms with van der Waals surface area (Å²) in [5.74, 6) is 0. The van der Waals surface area contributed by atoms with Crippen LogP contribution in [-0.4, -0.2) is 52.0 Å². The second-order valence-corrected chi connectivity index (χ2v) is 4.67. The van der Waals surface area contributed by atoms with Crippen LogP contribution in [0.25, 0.3) is 0 Å². The maximum atomic E-state index is 9.19. The Balaban J connectivity index is -0.0000000135. The minimum Gasteiger partial charge on any atom is -0.346 e. The molecule has 3 N–H and O–H groups in total. The first-order chi connectivity index (χ1) is 5.20. The van der Waals surface area contributed by atoms with Gasteiger partial charge in [0.25, 0.3) is 0 Å². The van der Waals surface area contributed by atoms with Gasteiger partial charge in [-0.05, 0) is 0 Å². The van der Waals surface area contributed by atoms with Crippen molar-refractivity contribution in [3.8, 4) is 0 Å². The fourth-order valence-electron chi connectivity index (χ4n) is 0. The molecule has 0 aliphatic carbocycles. The zero-order valence-corrected chi connectivity index (χ0v) is 20.3. The van der Waals surface area contributed by atoms with E-state index >= 15 is 0 Å². The number of hydrogen-bond acceptors (Lipinski definition) is 3. The SMILES string of the molecule is C[PH](=O)O.C[PH](=O)O.C[PH](=O)O.[AlH3].[Y].[Y].[Y]. The van der Waals surface area contributed by atoms with Gasteiger partial charge in [-0.15, -0.1) is 0 Å². The number of hydrogen-bond donors (Lipinski definition) is 3. The van der Waals surface area contributed by atoms with Gasteiger partial charge >= 0.3 is 0 Å². The van der Waals surface area contributed by atoms with Gasteiger partial charge in [0.2, 0.25) is 0 Å². The Labute approximate surface area is 184 Å². The minimum atomic E-state index is -2.13. The van der Waals surface area contributed by atoms with E-state index in [0.29, 0.717) is 0 Å². The molecule has 93 valence electrons. The molecule has 0 aliphatic heterocycles. The normalized spacial score (nSPS) is 11.6. The molecular formula is C3H18AlO6P3Y3. The Morgan fingerprint density at radius 2 is 0.625 bits per heavy atom. The van der Waals surface area contributed by atoms with Crippen molar-refractivity contribution in [3.05, 3.63) is 0 Å². The quantitative estimate of drug-likeness (QED) is 0.272. The summed E-state index contributed by atoms with van der Waals surface area (Å²) < 4.78 is 27.6. The van der Waals surface area contributed by atoms with E-state index in [2.05, 4.69) is 0 Å². The van der Waals surface area contributed by atoms with E-state index in [1.165, 1.54) is 20.0 Å². The molecule has 0 aromatic heterocycles. The van der Waals surface area contributed by atoms with Crippen LogP contribution in [0.1, 0.15) is 0 Å². The first-order valence-corrected chi connectivity index (χ1v) is 8.35. The molecule has 0 saturated carbocycles. The summed E-state index contributed by atoms with van der Waals surface area (Å²) in [7, 11) is -6.39. The smallest absolute Gasteiger partial charge is 0.187 e. The zero-order chi connectivity index (χ0) is 10.7. The molecule has 0 fully saturated rings. The van der Waals surface area contributed by atoms with Crippen molar-refractivity contribution in [1.82, 2.24) is 0 Å². The summed E-state index contributed by atoms with van der Waals surface area (Å²) >= 11 is 0. The molecule has 13 heteroatoms. The maximum Gasteiger partial charge on any atom is 0.187 e. The largest absolute Gasteiger partial charge is 0.346 e. The fraction of sp³-hybridized carbons (Fsp3) is 1.00. The third-order valence-electron chi connectivity index (χ3n) is 0. The first-order valence-electron chi connectivity index (χ1n) is 2.78. The van der Waals surface area contributed by atoms with Crippen molar-refractivity contribution in [1.29, 1.82) is 0 Å². The van der Waals surface area contributed by atoms with Crippen molar-refractivity contribution in [2.45, 2.75) is 0 Å². The summed E-state index contributed by atoms with van der Waals surface area (Å²) in [5, 5.41) is 0. The van der Waals surface area contributed by atoms with E-state index in [1.54, 1.807) is 0 Å². The summed E-state index contributed by atoms with van der Waals surface area (Å²) in [6.07, 6.45) is 0. The first kappa shape index (κ1) is 42.8. The van der Waals surface area contributed by atoms with E-state index < -0.39 is 24.1 Å². The van der Waals surface area contributed by atoms with E-state index in [9.17, 15) is 13.7 Å². The van der Waals surface area contributed by atoms with Gasteiger partial charge in [-0.1, -0.05) is 0 Å². The van der Waals surface area contributed by atoms with E-state index in [-0.39, 0.29) is 115 Å². The van der Waals surface area contributed by atoms with Gasteiger partial charge in [-0.2, -0.15) is 0 Å². The van der Waals surface area contributed by atoms with Gasteiger partial charge in [0, 0.05) is 118 Å². The molecule has 0 aromatic rings. The number of rotatable bonds is 0. The Kier molecular flexibility index (Phi) is 97.8. The molecule has 0 aromatic carbocycles. The molecule has 16 heavy (non-hydrogen) atoms. The van der Waals surface area contributed by atoms with Gasteiger partial charge in [-0.3, -0.25) is 13.7 Å². The molecule has 3 atom stereocenters. The predicted octanol–water partition coefficient (Wildman–Crippen LogP) is -0.942. The summed E-state index contributed by atoms with van der Waals surface area (Å²) in [4.78, 5) is 22.8. The van der Waals surface area contributed by atoms with Crippen LogP contribution in [-0.2, 0) is 112 Å². The minimum absolute atomic E-state index is 0. The van der Waals surface area contributed by atoms with Crippen LogP contribution in [0.4, 0.5) is 0 Å². The van der Waals surface area contributed by atoms with Crippen LogP contribution in [0.15, 0.2) is 0 Å². The van der Waals surface area contributed by atoms with E-state index in [1.807, 2.05) is 0 Å². The average molecular weight is 537 g/mol. The molecule has 3 unspecified atom stereocenters. The topological polar surface area (TPSA) is 112 Å². The zero-order valence-electron chi connectivity index (χ0n) is 8.80. The van der Waals surface area contributed by atoms with Crippen LogP contribution in [0.5, 0.6) is 0 Å². The Bertz CT molecular complexity index is 132. The molecule has 0 amide bonds. The van der Waals surface area contributed by atoms with Crippen LogP contribution in [0.2, 0.25) is 0 Å². The van der Waals surface area contributed by atoms with Gasteiger partial charge in [0.15, 0.2) is 41.4 Å². The Morgan fingerprint density at radius 1 is 0.625 bits per heavy atom. The maximum absolute atomic E-state index is 9.19. The second kappa shape index (κ2) is 36.6. The molecule has 0 aliphatic rings. The second-order valence-electron chi connectivity index (χ2n) is 1.56. The summed E-state index contributed by atoms with van der Waals surface area (Å²) in [6.45, 7) is 3.81. The van der Waals surface area contributed by atoms with Crippen molar-refractivity contribution < 1.29 is 127 Å². The van der Waals surface area contributed by atoms with Crippen molar-refractivity contribution in [2.75, 3.05) is 20.0 Å². The van der Waals surface area contributed by atoms with Crippen molar-refractivity contribution in [2.24, 2.45) is 0 Å². The van der Waals surface area contributed by atoms with E-state index in [0.717, 1.165) is 0 Å². The van der Waals surface area contributed by atoms with E-state index in [4.69, 9.17) is 14.7 Å². The molecule has 0 saturated heterocycles. The Morgan fingerprint density at radius 3 is 0.625 bits per heavy atom. The fourth-order valence-corrected chi connectivity index (χ4v) is 0. The molecular weight excluding hydrogens is 519 g/mol. The van der Waals surface area contributed by atoms with Crippen LogP contribution in [0.3, 0.4) is 0 Å². The van der Waals surface area contributed by atoms with Gasteiger partial charge < -0.3 is 14.7 Å².